The topological polar surface area (TPSA) is 0 Å². The van der Waals surface area contributed by atoms with Crippen LogP contribution in [-0.4, -0.2) is 0 Å². The lowest BCUT2D eigenvalue weighted by Crippen LogP contribution is -1.97. The summed E-state index contributed by atoms with van der Waals surface area (Å²) in [5, 5.41) is 1.73. The zero-order chi connectivity index (χ0) is 22.0. The molecule has 0 aromatic heterocycles. The summed E-state index contributed by atoms with van der Waals surface area (Å²) in [5.74, 6) is -1.48. The molecule has 0 saturated carbocycles. The highest BCUT2D eigenvalue weighted by atomic mass is 35.5. The number of halogens is 4. The van der Waals surface area contributed by atoms with E-state index in [2.05, 4.69) is 0 Å². The monoisotopic (exact) mass is 438 g/mol. The van der Waals surface area contributed by atoms with Crippen LogP contribution in [0.15, 0.2) is 66.7 Å². The summed E-state index contributed by atoms with van der Waals surface area (Å²) >= 11 is 5.91. The second-order valence-corrected chi connectivity index (χ2v) is 8.22. The van der Waals surface area contributed by atoms with Gasteiger partial charge in [-0.05, 0) is 77.2 Å². The van der Waals surface area contributed by atoms with Gasteiger partial charge in [-0.3, -0.25) is 0 Å². The van der Waals surface area contributed by atoms with E-state index in [4.69, 9.17) is 11.6 Å². The highest BCUT2D eigenvalue weighted by Crippen LogP contribution is 2.32. The van der Waals surface area contributed by atoms with E-state index in [-0.39, 0.29) is 11.4 Å². The number of fused-ring (bicyclic) bond motifs is 1. The predicted molar refractivity (Wildman–Crippen MR) is 122 cm³/mol. The van der Waals surface area contributed by atoms with Crippen molar-refractivity contribution in [2.75, 3.05) is 0 Å². The van der Waals surface area contributed by atoms with Gasteiger partial charge < -0.3 is 0 Å². The quantitative estimate of drug-likeness (QED) is 0.284. The molecule has 158 valence electrons. The zero-order valence-electron chi connectivity index (χ0n) is 17.2. The molecule has 0 aliphatic rings. The Balaban J connectivity index is 1.63. The highest BCUT2D eigenvalue weighted by Gasteiger charge is 2.15. The molecular formula is C27H22ClF3. The van der Waals surface area contributed by atoms with Crippen LogP contribution in [0, 0.1) is 17.5 Å². The van der Waals surface area contributed by atoms with Crippen molar-refractivity contribution in [1.82, 2.24) is 0 Å². The summed E-state index contributed by atoms with van der Waals surface area (Å²) in [6.45, 7) is 1.96. The van der Waals surface area contributed by atoms with Gasteiger partial charge in [0, 0.05) is 10.4 Å². The summed E-state index contributed by atoms with van der Waals surface area (Å²) in [5.41, 5.74) is 2.65. The van der Waals surface area contributed by atoms with Crippen LogP contribution in [0.3, 0.4) is 0 Å². The van der Waals surface area contributed by atoms with Crippen molar-refractivity contribution in [3.8, 4) is 11.1 Å². The van der Waals surface area contributed by atoms with Crippen LogP contribution in [0.25, 0.3) is 21.9 Å². The molecule has 4 aromatic carbocycles. The van der Waals surface area contributed by atoms with Crippen LogP contribution in [0.5, 0.6) is 0 Å². The third-order valence-electron chi connectivity index (χ3n) is 5.56. The van der Waals surface area contributed by atoms with Gasteiger partial charge in [-0.2, -0.15) is 0 Å². The standard InChI is InChI=1S/C27H22ClF3/c1-2-3-18-14-24(29)26(25(30)15-18)21-10-13-23-20(16-21)9-8-19(27(23)31)7-4-17-5-11-22(28)12-6-17/h5-6,8-16H,2-4,7H2,1H3. The van der Waals surface area contributed by atoms with Gasteiger partial charge in [-0.15, -0.1) is 0 Å². The van der Waals surface area contributed by atoms with Crippen LogP contribution in [0.4, 0.5) is 13.2 Å². The van der Waals surface area contributed by atoms with E-state index >= 15 is 4.39 Å². The number of benzene rings is 4. The van der Waals surface area contributed by atoms with Crippen molar-refractivity contribution in [2.24, 2.45) is 0 Å². The molecule has 0 fully saturated rings. The van der Waals surface area contributed by atoms with E-state index in [1.807, 2.05) is 31.2 Å². The Kier molecular flexibility index (Phi) is 6.33. The highest BCUT2D eigenvalue weighted by molar-refractivity contribution is 6.30. The fourth-order valence-electron chi connectivity index (χ4n) is 3.95. The van der Waals surface area contributed by atoms with Gasteiger partial charge in [0.05, 0.1) is 5.56 Å². The lowest BCUT2D eigenvalue weighted by Gasteiger charge is -2.11. The first-order valence-corrected chi connectivity index (χ1v) is 10.8. The molecule has 0 aliphatic heterocycles. The average Bonchev–Trinajstić information content (AvgIpc) is 2.74. The normalized spacial score (nSPS) is 11.3. The van der Waals surface area contributed by atoms with Gasteiger partial charge in [-0.25, -0.2) is 13.2 Å². The zero-order valence-corrected chi connectivity index (χ0v) is 17.9. The number of hydrogen-bond acceptors (Lipinski definition) is 0. The lowest BCUT2D eigenvalue weighted by molar-refractivity contribution is 0.585. The molecule has 4 rings (SSSR count). The second kappa shape index (κ2) is 9.15. The van der Waals surface area contributed by atoms with Gasteiger partial charge in [-0.1, -0.05) is 61.3 Å². The Bertz CT molecular complexity index is 1210. The van der Waals surface area contributed by atoms with Crippen molar-refractivity contribution in [3.05, 3.63) is 106 Å². The fourth-order valence-corrected chi connectivity index (χ4v) is 4.08. The van der Waals surface area contributed by atoms with Crippen molar-refractivity contribution in [3.63, 3.8) is 0 Å². The lowest BCUT2D eigenvalue weighted by atomic mass is 9.96. The van der Waals surface area contributed by atoms with Gasteiger partial charge >= 0.3 is 0 Å². The summed E-state index contributed by atoms with van der Waals surface area (Å²) in [6.07, 6.45) is 2.68. The molecule has 0 atom stereocenters. The van der Waals surface area contributed by atoms with Crippen molar-refractivity contribution in [2.45, 2.75) is 32.6 Å². The van der Waals surface area contributed by atoms with Crippen LogP contribution >= 0.6 is 11.6 Å². The molecule has 0 amide bonds. The first-order valence-electron chi connectivity index (χ1n) is 10.4. The predicted octanol–water partition coefficient (Wildman–Crippen LogP) is 8.32. The maximum Gasteiger partial charge on any atom is 0.134 e. The second-order valence-electron chi connectivity index (χ2n) is 7.79. The summed E-state index contributed by atoms with van der Waals surface area (Å²) in [7, 11) is 0. The minimum Gasteiger partial charge on any atom is -0.206 e. The van der Waals surface area contributed by atoms with E-state index < -0.39 is 11.6 Å². The van der Waals surface area contributed by atoms with E-state index in [9.17, 15) is 8.78 Å². The molecule has 0 N–H and O–H groups in total. The molecule has 31 heavy (non-hydrogen) atoms. The molecule has 0 aliphatic carbocycles. The maximum absolute atomic E-state index is 15.1. The van der Waals surface area contributed by atoms with Gasteiger partial charge in [0.15, 0.2) is 0 Å². The minimum atomic E-state index is -0.595. The summed E-state index contributed by atoms with van der Waals surface area (Å²) < 4.78 is 44.4. The Morgan fingerprint density at radius 3 is 2.10 bits per heavy atom. The third-order valence-corrected chi connectivity index (χ3v) is 5.81. The Labute approximate surface area is 185 Å². The largest absolute Gasteiger partial charge is 0.206 e. The molecule has 0 saturated heterocycles. The number of rotatable bonds is 6. The Hall–Kier alpha value is -2.78. The molecule has 0 unspecified atom stereocenters. The average molecular weight is 439 g/mol. The summed E-state index contributed by atoms with van der Waals surface area (Å²) in [4.78, 5) is 0. The molecule has 0 nitrogen and oxygen atoms in total. The van der Waals surface area contributed by atoms with Crippen LogP contribution < -0.4 is 0 Å². The molecule has 0 heterocycles. The summed E-state index contributed by atoms with van der Waals surface area (Å²) in [6, 6.07) is 18.6. The molecule has 0 radical (unpaired) electrons. The van der Waals surface area contributed by atoms with Crippen LogP contribution in [0.1, 0.15) is 30.0 Å². The fraction of sp³-hybridized carbons (Fsp3) is 0.185. The van der Waals surface area contributed by atoms with E-state index in [0.29, 0.717) is 51.7 Å². The molecule has 4 heteroatoms. The first-order chi connectivity index (χ1) is 15.0. The third kappa shape index (κ3) is 4.62. The number of aryl methyl sites for hydroxylation is 3. The molecule has 0 bridgehead atoms. The van der Waals surface area contributed by atoms with Gasteiger partial charge in [0.25, 0.3) is 0 Å². The molecule has 4 aromatic rings. The van der Waals surface area contributed by atoms with Crippen molar-refractivity contribution < 1.29 is 13.2 Å². The van der Waals surface area contributed by atoms with Crippen LogP contribution in [-0.2, 0) is 19.3 Å². The first kappa shape index (κ1) is 21.5. The van der Waals surface area contributed by atoms with Crippen molar-refractivity contribution >= 4 is 22.4 Å². The van der Waals surface area contributed by atoms with Gasteiger partial charge in [0.1, 0.15) is 17.5 Å². The minimum absolute atomic E-state index is 0.0750. The molecular weight excluding hydrogens is 417 g/mol. The maximum atomic E-state index is 15.1. The van der Waals surface area contributed by atoms with Gasteiger partial charge in [0.2, 0.25) is 0 Å². The van der Waals surface area contributed by atoms with Crippen molar-refractivity contribution in [1.29, 1.82) is 0 Å². The van der Waals surface area contributed by atoms with E-state index in [1.54, 1.807) is 30.3 Å². The Morgan fingerprint density at radius 2 is 1.42 bits per heavy atom. The van der Waals surface area contributed by atoms with E-state index in [1.165, 1.54) is 12.1 Å². The SMILES string of the molecule is CCCc1cc(F)c(-c2ccc3c(F)c(CCc4ccc(Cl)cc4)ccc3c2)c(F)c1. The van der Waals surface area contributed by atoms with E-state index in [0.717, 1.165) is 12.0 Å². The smallest absolute Gasteiger partial charge is 0.134 e. The molecule has 0 spiro atoms. The number of hydrogen-bond donors (Lipinski definition) is 0. The van der Waals surface area contributed by atoms with Crippen LogP contribution in [0.2, 0.25) is 5.02 Å². The Morgan fingerprint density at radius 1 is 0.710 bits per heavy atom.